The quantitative estimate of drug-likeness (QED) is 0.756. The van der Waals surface area contributed by atoms with Crippen LogP contribution in [0.3, 0.4) is 0 Å². The topological polar surface area (TPSA) is 45.7 Å². The number of halogens is 1. The van der Waals surface area contributed by atoms with Crippen LogP contribution < -0.4 is 4.90 Å². The summed E-state index contributed by atoms with van der Waals surface area (Å²) >= 11 is 5.12. The number of hydrogen-bond donors (Lipinski definition) is 0. The van der Waals surface area contributed by atoms with Crippen LogP contribution in [-0.4, -0.2) is 46.8 Å². The van der Waals surface area contributed by atoms with E-state index in [0.29, 0.717) is 6.04 Å². The molecule has 7 heteroatoms. The van der Waals surface area contributed by atoms with Crippen molar-refractivity contribution in [2.45, 2.75) is 51.8 Å². The SMILES string of the molecule is Cc1nc(Br)sc1N1C[C@@H]2C[C@H]1CN2C(=O)OC(C)(C)C. The lowest BCUT2D eigenvalue weighted by Crippen LogP contribution is -2.50. The second-order valence-electron chi connectivity index (χ2n) is 6.69. The van der Waals surface area contributed by atoms with Gasteiger partial charge in [0.25, 0.3) is 0 Å². The van der Waals surface area contributed by atoms with Crippen molar-refractivity contribution in [1.29, 1.82) is 0 Å². The third kappa shape index (κ3) is 2.90. The summed E-state index contributed by atoms with van der Waals surface area (Å²) in [5.74, 6) is 0. The Morgan fingerprint density at radius 1 is 1.38 bits per heavy atom. The number of carbonyl (C=O) groups is 1. The number of ether oxygens (including phenoxy) is 1. The van der Waals surface area contributed by atoms with Gasteiger partial charge in [-0.2, -0.15) is 0 Å². The van der Waals surface area contributed by atoms with E-state index in [1.165, 1.54) is 5.00 Å². The number of nitrogens with zero attached hydrogens (tertiary/aromatic N) is 3. The van der Waals surface area contributed by atoms with Gasteiger partial charge in [-0.1, -0.05) is 11.3 Å². The maximum atomic E-state index is 12.2. The first-order chi connectivity index (χ1) is 9.74. The van der Waals surface area contributed by atoms with Crippen molar-refractivity contribution in [1.82, 2.24) is 9.88 Å². The van der Waals surface area contributed by atoms with Gasteiger partial charge in [0.15, 0.2) is 3.92 Å². The Kier molecular flexibility index (Phi) is 3.68. The van der Waals surface area contributed by atoms with Gasteiger partial charge in [0.2, 0.25) is 0 Å². The zero-order valence-electron chi connectivity index (χ0n) is 12.7. The average Bonchev–Trinajstić information content (AvgIpc) is 2.99. The third-order valence-corrected chi connectivity index (χ3v) is 5.52. The van der Waals surface area contributed by atoms with Gasteiger partial charge in [-0.05, 0) is 50.0 Å². The van der Waals surface area contributed by atoms with Crippen molar-refractivity contribution >= 4 is 38.4 Å². The summed E-state index contributed by atoms with van der Waals surface area (Å²) in [6.45, 7) is 9.37. The summed E-state index contributed by atoms with van der Waals surface area (Å²) in [7, 11) is 0. The molecule has 1 amide bonds. The smallest absolute Gasteiger partial charge is 0.410 e. The molecule has 3 heterocycles. The summed E-state index contributed by atoms with van der Waals surface area (Å²) in [4.78, 5) is 20.9. The van der Waals surface area contributed by atoms with Crippen molar-refractivity contribution in [3.8, 4) is 0 Å². The van der Waals surface area contributed by atoms with Crippen LogP contribution in [0.4, 0.5) is 9.80 Å². The van der Waals surface area contributed by atoms with E-state index < -0.39 is 5.60 Å². The minimum absolute atomic E-state index is 0.183. The van der Waals surface area contributed by atoms with Crippen molar-refractivity contribution < 1.29 is 9.53 Å². The van der Waals surface area contributed by atoms with Crippen molar-refractivity contribution in [2.75, 3.05) is 18.0 Å². The van der Waals surface area contributed by atoms with Crippen LogP contribution in [0.25, 0.3) is 0 Å². The highest BCUT2D eigenvalue weighted by Gasteiger charge is 2.47. The minimum Gasteiger partial charge on any atom is -0.444 e. The zero-order valence-corrected chi connectivity index (χ0v) is 15.1. The Morgan fingerprint density at radius 2 is 2.10 bits per heavy atom. The second kappa shape index (κ2) is 5.12. The summed E-state index contributed by atoms with van der Waals surface area (Å²) in [5.41, 5.74) is 0.626. The van der Waals surface area contributed by atoms with E-state index >= 15 is 0 Å². The first-order valence-corrected chi connectivity index (χ1v) is 8.75. The molecule has 0 aliphatic carbocycles. The fraction of sp³-hybridized carbons (Fsp3) is 0.714. The van der Waals surface area contributed by atoms with E-state index in [1.54, 1.807) is 11.3 Å². The molecule has 1 aromatic heterocycles. The van der Waals surface area contributed by atoms with E-state index in [2.05, 4.69) is 25.8 Å². The number of rotatable bonds is 1. The Bertz CT molecular complexity index is 569. The molecule has 2 atom stereocenters. The Balaban J connectivity index is 1.69. The molecule has 0 spiro atoms. The number of amides is 1. The van der Waals surface area contributed by atoms with Gasteiger partial charge in [-0.25, -0.2) is 9.78 Å². The number of aromatic nitrogens is 1. The fourth-order valence-electron chi connectivity index (χ4n) is 3.08. The Hall–Kier alpha value is -0.820. The van der Waals surface area contributed by atoms with E-state index in [0.717, 1.165) is 29.1 Å². The van der Waals surface area contributed by atoms with Gasteiger partial charge in [-0.15, -0.1) is 0 Å². The molecule has 116 valence electrons. The molecule has 3 rings (SSSR count). The van der Waals surface area contributed by atoms with Gasteiger partial charge in [0, 0.05) is 19.1 Å². The molecule has 0 N–H and O–H groups in total. The number of likely N-dealkylation sites (tertiary alicyclic amines) is 1. The van der Waals surface area contributed by atoms with Gasteiger partial charge in [-0.3, -0.25) is 0 Å². The molecule has 0 unspecified atom stereocenters. The first kappa shape index (κ1) is 15.1. The highest BCUT2D eigenvalue weighted by molar-refractivity contribution is 9.11. The Morgan fingerprint density at radius 3 is 2.57 bits per heavy atom. The summed E-state index contributed by atoms with van der Waals surface area (Å²) in [5, 5.41) is 1.22. The largest absolute Gasteiger partial charge is 0.444 e. The molecule has 1 aromatic rings. The monoisotopic (exact) mass is 373 g/mol. The van der Waals surface area contributed by atoms with Crippen LogP contribution in [0, 0.1) is 6.92 Å². The van der Waals surface area contributed by atoms with Crippen LogP contribution in [0.15, 0.2) is 3.92 Å². The van der Waals surface area contributed by atoms with Crippen LogP contribution >= 0.6 is 27.3 Å². The predicted octanol–water partition coefficient (Wildman–Crippen LogP) is 3.41. The molecule has 2 aliphatic rings. The molecule has 2 saturated heterocycles. The molecule has 5 nitrogen and oxygen atoms in total. The van der Waals surface area contributed by atoms with Gasteiger partial charge >= 0.3 is 6.09 Å². The van der Waals surface area contributed by atoms with E-state index in [4.69, 9.17) is 4.74 Å². The normalized spacial score (nSPS) is 24.8. The molecule has 0 radical (unpaired) electrons. The number of thiazole rings is 1. The van der Waals surface area contributed by atoms with E-state index in [-0.39, 0.29) is 12.1 Å². The molecule has 0 saturated carbocycles. The molecular formula is C14H20BrN3O2S. The van der Waals surface area contributed by atoms with Crippen LogP contribution in [0.2, 0.25) is 0 Å². The van der Waals surface area contributed by atoms with Gasteiger partial charge < -0.3 is 14.5 Å². The standard InChI is InChI=1S/C14H20BrN3O2S/c1-8-11(21-12(15)16-8)17-6-10-5-9(17)7-18(10)13(19)20-14(2,3)4/h9-10H,5-7H2,1-4H3/t9-,10-/m0/s1. The number of aryl methyl sites for hydroxylation is 1. The molecule has 21 heavy (non-hydrogen) atoms. The maximum Gasteiger partial charge on any atom is 0.410 e. The highest BCUT2D eigenvalue weighted by Crippen LogP contribution is 2.40. The van der Waals surface area contributed by atoms with Gasteiger partial charge in [0.05, 0.1) is 11.7 Å². The Labute approximate surface area is 137 Å². The summed E-state index contributed by atoms with van der Waals surface area (Å²) < 4.78 is 6.41. The predicted molar refractivity (Wildman–Crippen MR) is 87.0 cm³/mol. The minimum atomic E-state index is -0.433. The molecule has 2 bridgehead atoms. The lowest BCUT2D eigenvalue weighted by Gasteiger charge is -2.35. The molecule has 2 aliphatic heterocycles. The van der Waals surface area contributed by atoms with Crippen molar-refractivity contribution in [3.05, 3.63) is 9.61 Å². The van der Waals surface area contributed by atoms with Crippen LogP contribution in [0.5, 0.6) is 0 Å². The molecular weight excluding hydrogens is 354 g/mol. The molecule has 0 aromatic carbocycles. The number of carbonyl (C=O) groups excluding carboxylic acids is 1. The zero-order chi connectivity index (χ0) is 15.4. The van der Waals surface area contributed by atoms with Crippen molar-refractivity contribution in [3.63, 3.8) is 0 Å². The lowest BCUT2D eigenvalue weighted by atomic mass is 10.2. The number of piperazine rings is 1. The summed E-state index contributed by atoms with van der Waals surface area (Å²) in [6, 6.07) is 0.638. The van der Waals surface area contributed by atoms with Crippen molar-refractivity contribution in [2.24, 2.45) is 0 Å². The van der Waals surface area contributed by atoms with E-state index in [9.17, 15) is 4.79 Å². The number of fused-ring (bicyclic) bond motifs is 2. The number of anilines is 1. The number of hydrogen-bond acceptors (Lipinski definition) is 5. The molecule has 2 fully saturated rings. The first-order valence-electron chi connectivity index (χ1n) is 7.14. The lowest BCUT2D eigenvalue weighted by molar-refractivity contribution is 0.0215. The average molecular weight is 374 g/mol. The van der Waals surface area contributed by atoms with Crippen LogP contribution in [0.1, 0.15) is 32.9 Å². The highest BCUT2D eigenvalue weighted by atomic mass is 79.9. The van der Waals surface area contributed by atoms with E-state index in [1.807, 2.05) is 32.6 Å². The van der Waals surface area contributed by atoms with Gasteiger partial charge in [0.1, 0.15) is 10.6 Å². The fourth-order valence-corrected chi connectivity index (χ4v) is 4.68. The van der Waals surface area contributed by atoms with Crippen LogP contribution in [-0.2, 0) is 4.74 Å². The summed E-state index contributed by atoms with van der Waals surface area (Å²) in [6.07, 6.45) is 0.839. The third-order valence-electron chi connectivity index (χ3n) is 3.88. The maximum absolute atomic E-state index is 12.2. The second-order valence-corrected chi connectivity index (χ2v) is 8.94.